The Bertz CT molecular complexity index is 1310. The molecule has 0 radical (unpaired) electrons. The summed E-state index contributed by atoms with van der Waals surface area (Å²) in [6.45, 7) is 1.95. The number of benzene rings is 3. The largest absolute Gasteiger partial charge is 0.424 e. The number of ether oxygens (including phenoxy) is 1. The van der Waals surface area contributed by atoms with Gasteiger partial charge >= 0.3 is 6.01 Å². The molecule has 0 aliphatic rings. The Kier molecular flexibility index (Phi) is 4.57. The molecule has 0 bridgehead atoms. The van der Waals surface area contributed by atoms with Crippen molar-refractivity contribution in [1.82, 2.24) is 20.2 Å². The SMILES string of the molecule is Cc1cc(Nc2cc(-c3ccccc3)nc(Oc3ccc4ccccc4c3)n2)n[nH]1. The van der Waals surface area contributed by atoms with Gasteiger partial charge in [-0.25, -0.2) is 0 Å². The summed E-state index contributed by atoms with van der Waals surface area (Å²) in [5.74, 6) is 1.97. The lowest BCUT2D eigenvalue weighted by Crippen LogP contribution is -2.00. The number of anilines is 2. The van der Waals surface area contributed by atoms with E-state index in [9.17, 15) is 0 Å². The molecule has 5 rings (SSSR count). The molecule has 2 N–H and O–H groups in total. The van der Waals surface area contributed by atoms with Crippen LogP contribution in [0.5, 0.6) is 11.8 Å². The molecule has 6 nitrogen and oxygen atoms in total. The van der Waals surface area contributed by atoms with Gasteiger partial charge in [-0.1, -0.05) is 60.7 Å². The van der Waals surface area contributed by atoms with Crippen LogP contribution in [0.4, 0.5) is 11.6 Å². The summed E-state index contributed by atoms with van der Waals surface area (Å²) < 4.78 is 6.04. The molecule has 5 aromatic rings. The second kappa shape index (κ2) is 7.67. The van der Waals surface area contributed by atoms with Gasteiger partial charge in [-0.05, 0) is 29.8 Å². The molecule has 3 aromatic carbocycles. The lowest BCUT2D eigenvalue weighted by molar-refractivity contribution is 0.444. The number of nitrogens with zero attached hydrogens (tertiary/aromatic N) is 3. The van der Waals surface area contributed by atoms with Crippen molar-refractivity contribution >= 4 is 22.4 Å². The molecule has 30 heavy (non-hydrogen) atoms. The fourth-order valence-electron chi connectivity index (χ4n) is 3.24. The normalized spacial score (nSPS) is 10.8. The number of hydrogen-bond donors (Lipinski definition) is 2. The first-order valence-electron chi connectivity index (χ1n) is 9.63. The zero-order valence-electron chi connectivity index (χ0n) is 16.3. The molecule has 0 saturated heterocycles. The van der Waals surface area contributed by atoms with E-state index in [1.807, 2.05) is 79.7 Å². The van der Waals surface area contributed by atoms with Crippen molar-refractivity contribution in [2.45, 2.75) is 6.92 Å². The van der Waals surface area contributed by atoms with Crippen LogP contribution in [0.25, 0.3) is 22.0 Å². The molecule has 0 atom stereocenters. The van der Waals surface area contributed by atoms with E-state index >= 15 is 0 Å². The van der Waals surface area contributed by atoms with E-state index in [0.717, 1.165) is 27.7 Å². The van der Waals surface area contributed by atoms with Gasteiger partial charge in [-0.15, -0.1) is 0 Å². The van der Waals surface area contributed by atoms with Gasteiger partial charge in [0, 0.05) is 23.4 Å². The van der Waals surface area contributed by atoms with Crippen molar-refractivity contribution in [3.8, 4) is 23.0 Å². The van der Waals surface area contributed by atoms with Crippen LogP contribution in [0, 0.1) is 6.92 Å². The average Bonchev–Trinajstić information content (AvgIpc) is 3.18. The fourth-order valence-corrected chi connectivity index (χ4v) is 3.24. The Morgan fingerprint density at radius 2 is 1.57 bits per heavy atom. The van der Waals surface area contributed by atoms with Crippen molar-refractivity contribution < 1.29 is 4.74 Å². The number of hydrogen-bond acceptors (Lipinski definition) is 5. The van der Waals surface area contributed by atoms with Crippen molar-refractivity contribution in [3.05, 3.63) is 90.6 Å². The van der Waals surface area contributed by atoms with Crippen molar-refractivity contribution in [2.24, 2.45) is 0 Å². The number of aryl methyl sites for hydroxylation is 1. The number of rotatable bonds is 5. The van der Waals surface area contributed by atoms with E-state index < -0.39 is 0 Å². The van der Waals surface area contributed by atoms with E-state index in [1.54, 1.807) is 0 Å². The highest BCUT2D eigenvalue weighted by Gasteiger charge is 2.10. The Hall–Kier alpha value is -4.19. The minimum Gasteiger partial charge on any atom is -0.424 e. The van der Waals surface area contributed by atoms with Crippen molar-refractivity contribution in [2.75, 3.05) is 5.32 Å². The molecule has 0 aliphatic carbocycles. The summed E-state index contributed by atoms with van der Waals surface area (Å²) >= 11 is 0. The van der Waals surface area contributed by atoms with Crippen LogP contribution in [0.2, 0.25) is 0 Å². The number of nitrogens with one attached hydrogen (secondary N) is 2. The maximum absolute atomic E-state index is 6.04. The number of fused-ring (bicyclic) bond motifs is 1. The van der Waals surface area contributed by atoms with E-state index in [4.69, 9.17) is 4.74 Å². The lowest BCUT2D eigenvalue weighted by atomic mass is 10.1. The van der Waals surface area contributed by atoms with E-state index in [-0.39, 0.29) is 6.01 Å². The number of aromatic nitrogens is 4. The molecule has 0 aliphatic heterocycles. The van der Waals surface area contributed by atoms with Crippen LogP contribution in [0.1, 0.15) is 5.69 Å². The highest BCUT2D eigenvalue weighted by atomic mass is 16.5. The van der Waals surface area contributed by atoms with Gasteiger partial charge in [0.15, 0.2) is 5.82 Å². The molecular formula is C24H19N5O. The molecule has 2 aromatic heterocycles. The van der Waals surface area contributed by atoms with Crippen LogP contribution in [0.15, 0.2) is 84.9 Å². The zero-order valence-corrected chi connectivity index (χ0v) is 16.3. The smallest absolute Gasteiger partial charge is 0.324 e. The molecular weight excluding hydrogens is 374 g/mol. The van der Waals surface area contributed by atoms with Gasteiger partial charge in [0.1, 0.15) is 11.6 Å². The second-order valence-corrected chi connectivity index (χ2v) is 6.96. The summed E-state index contributed by atoms with van der Waals surface area (Å²) in [5.41, 5.74) is 2.70. The summed E-state index contributed by atoms with van der Waals surface area (Å²) in [4.78, 5) is 9.16. The van der Waals surface area contributed by atoms with Crippen LogP contribution in [-0.2, 0) is 0 Å². The van der Waals surface area contributed by atoms with Crippen molar-refractivity contribution in [3.63, 3.8) is 0 Å². The fraction of sp³-hybridized carbons (Fsp3) is 0.0417. The third-order valence-corrected chi connectivity index (χ3v) is 4.67. The lowest BCUT2D eigenvalue weighted by Gasteiger charge is -2.10. The Morgan fingerprint density at radius 1 is 0.767 bits per heavy atom. The maximum atomic E-state index is 6.04. The van der Waals surface area contributed by atoms with Gasteiger partial charge < -0.3 is 10.1 Å². The highest BCUT2D eigenvalue weighted by Crippen LogP contribution is 2.28. The third-order valence-electron chi connectivity index (χ3n) is 4.67. The molecule has 6 heteroatoms. The molecule has 0 amide bonds. The average molecular weight is 393 g/mol. The summed E-state index contributed by atoms with van der Waals surface area (Å²) in [6, 6.07) is 28.1. The molecule has 0 spiro atoms. The van der Waals surface area contributed by atoms with Gasteiger partial charge in [-0.3, -0.25) is 5.10 Å². The topological polar surface area (TPSA) is 75.7 Å². The predicted octanol–water partition coefficient (Wildman–Crippen LogP) is 5.86. The van der Waals surface area contributed by atoms with Crippen molar-refractivity contribution in [1.29, 1.82) is 0 Å². The van der Waals surface area contributed by atoms with Crippen LogP contribution < -0.4 is 10.1 Å². The van der Waals surface area contributed by atoms with Gasteiger partial charge in [0.05, 0.1) is 5.69 Å². The van der Waals surface area contributed by atoms with Crippen LogP contribution >= 0.6 is 0 Å². The van der Waals surface area contributed by atoms with Gasteiger partial charge in [-0.2, -0.15) is 15.1 Å². The molecule has 2 heterocycles. The van der Waals surface area contributed by atoms with E-state index in [1.165, 1.54) is 0 Å². The third kappa shape index (κ3) is 3.84. The molecule has 0 fully saturated rings. The first-order chi connectivity index (χ1) is 14.7. The number of aromatic amines is 1. The Morgan fingerprint density at radius 3 is 2.37 bits per heavy atom. The monoisotopic (exact) mass is 393 g/mol. The van der Waals surface area contributed by atoms with Gasteiger partial charge in [0.25, 0.3) is 0 Å². The van der Waals surface area contributed by atoms with E-state index in [2.05, 4.69) is 37.6 Å². The number of H-pyrrole nitrogens is 1. The molecule has 146 valence electrons. The molecule has 0 unspecified atom stereocenters. The maximum Gasteiger partial charge on any atom is 0.324 e. The standard InChI is InChI=1S/C24H19N5O/c1-16-13-23(29-28-16)26-22-15-21(18-8-3-2-4-9-18)25-24(27-22)30-20-12-11-17-7-5-6-10-19(17)14-20/h2-15H,1H3,(H2,25,26,27,28,29). The van der Waals surface area contributed by atoms with Crippen LogP contribution in [0.3, 0.4) is 0 Å². The Balaban J connectivity index is 1.52. The van der Waals surface area contributed by atoms with Crippen LogP contribution in [-0.4, -0.2) is 20.2 Å². The first kappa shape index (κ1) is 17.9. The second-order valence-electron chi connectivity index (χ2n) is 6.96. The molecule has 0 saturated carbocycles. The zero-order chi connectivity index (χ0) is 20.3. The summed E-state index contributed by atoms with van der Waals surface area (Å²) in [6.07, 6.45) is 0. The first-order valence-corrected chi connectivity index (χ1v) is 9.63. The predicted molar refractivity (Wildman–Crippen MR) is 118 cm³/mol. The van der Waals surface area contributed by atoms with E-state index in [0.29, 0.717) is 17.4 Å². The quantitative estimate of drug-likeness (QED) is 0.391. The summed E-state index contributed by atoms with van der Waals surface area (Å²) in [5, 5.41) is 12.6. The summed E-state index contributed by atoms with van der Waals surface area (Å²) in [7, 11) is 0. The minimum atomic E-state index is 0.265. The van der Waals surface area contributed by atoms with Gasteiger partial charge in [0.2, 0.25) is 0 Å². The minimum absolute atomic E-state index is 0.265. The highest BCUT2D eigenvalue weighted by molar-refractivity contribution is 5.83. The Labute approximate surface area is 173 Å².